The third-order valence-electron chi connectivity index (χ3n) is 3.86. The molecule has 3 N–H and O–H groups in total. The number of carboxylic acids is 1. The van der Waals surface area contributed by atoms with Crippen LogP contribution >= 0.6 is 0 Å². The van der Waals surface area contributed by atoms with E-state index in [4.69, 9.17) is 5.11 Å². The Morgan fingerprint density at radius 1 is 1.37 bits per heavy atom. The minimum Gasteiger partial charge on any atom is -0.481 e. The average molecular weight is 266 g/mol. The molecule has 2 rings (SSSR count). The summed E-state index contributed by atoms with van der Waals surface area (Å²) in [6.07, 6.45) is 8.42. The summed E-state index contributed by atoms with van der Waals surface area (Å²) >= 11 is 0. The van der Waals surface area contributed by atoms with Crippen molar-refractivity contribution in [3.8, 4) is 0 Å². The Bertz CT molecular complexity index is 377. The molecule has 0 aromatic rings. The van der Waals surface area contributed by atoms with Crippen LogP contribution < -0.4 is 10.6 Å². The summed E-state index contributed by atoms with van der Waals surface area (Å²) in [5.74, 6) is -0.520. The second-order valence-corrected chi connectivity index (χ2v) is 5.57. The maximum absolute atomic E-state index is 11.8. The Kier molecular flexibility index (Phi) is 4.45. The standard InChI is InChI=1S/C14H22N2O3/c1-2-11(7-9-3-4-9)15-14(19)16-12-6-5-10(8-12)13(17)18/h5-6,9-12H,2-4,7-8H2,1H3,(H,17,18)(H2,15,16,19). The molecule has 106 valence electrons. The van der Waals surface area contributed by atoms with Crippen LogP contribution in [0, 0.1) is 11.8 Å². The summed E-state index contributed by atoms with van der Waals surface area (Å²) in [6, 6.07) is -0.124. The lowest BCUT2D eigenvalue weighted by Gasteiger charge is -2.19. The van der Waals surface area contributed by atoms with E-state index in [9.17, 15) is 9.59 Å². The number of hydrogen-bond donors (Lipinski definition) is 3. The molecule has 3 atom stereocenters. The van der Waals surface area contributed by atoms with Crippen molar-refractivity contribution in [2.24, 2.45) is 11.8 Å². The molecule has 3 unspecified atom stereocenters. The van der Waals surface area contributed by atoms with Crippen molar-refractivity contribution >= 4 is 12.0 Å². The molecule has 0 aliphatic heterocycles. The molecule has 0 spiro atoms. The first-order chi connectivity index (χ1) is 9.08. The zero-order chi connectivity index (χ0) is 13.8. The Morgan fingerprint density at radius 2 is 2.11 bits per heavy atom. The van der Waals surface area contributed by atoms with Crippen LogP contribution in [0.3, 0.4) is 0 Å². The summed E-state index contributed by atoms with van der Waals surface area (Å²) in [4.78, 5) is 22.6. The van der Waals surface area contributed by atoms with Crippen LogP contribution in [-0.2, 0) is 4.79 Å². The zero-order valence-electron chi connectivity index (χ0n) is 11.3. The summed E-state index contributed by atoms with van der Waals surface area (Å²) in [5, 5.41) is 14.7. The smallest absolute Gasteiger partial charge is 0.315 e. The van der Waals surface area contributed by atoms with Gasteiger partial charge in [0.25, 0.3) is 0 Å². The molecular weight excluding hydrogens is 244 g/mol. The molecule has 2 aliphatic carbocycles. The van der Waals surface area contributed by atoms with E-state index in [1.165, 1.54) is 12.8 Å². The van der Waals surface area contributed by atoms with E-state index in [2.05, 4.69) is 17.6 Å². The highest BCUT2D eigenvalue weighted by molar-refractivity contribution is 5.76. The van der Waals surface area contributed by atoms with Crippen LogP contribution in [0.15, 0.2) is 12.2 Å². The summed E-state index contributed by atoms with van der Waals surface area (Å²) in [5.41, 5.74) is 0. The minimum atomic E-state index is -0.832. The first-order valence-corrected chi connectivity index (χ1v) is 7.06. The average Bonchev–Trinajstić information content (AvgIpc) is 3.05. The molecule has 0 saturated heterocycles. The fraction of sp³-hybridized carbons (Fsp3) is 0.714. The second-order valence-electron chi connectivity index (χ2n) is 5.57. The first-order valence-electron chi connectivity index (χ1n) is 7.06. The zero-order valence-corrected chi connectivity index (χ0v) is 11.3. The van der Waals surface area contributed by atoms with Gasteiger partial charge in [-0.15, -0.1) is 0 Å². The van der Waals surface area contributed by atoms with E-state index < -0.39 is 11.9 Å². The number of amides is 2. The molecule has 1 fully saturated rings. The lowest BCUT2D eigenvalue weighted by Crippen LogP contribution is -2.45. The molecule has 0 aromatic heterocycles. The highest BCUT2D eigenvalue weighted by atomic mass is 16.4. The maximum Gasteiger partial charge on any atom is 0.315 e. The van der Waals surface area contributed by atoms with Gasteiger partial charge < -0.3 is 15.7 Å². The predicted octanol–water partition coefficient (Wildman–Crippen LogP) is 1.89. The Labute approximate surface area is 113 Å². The van der Waals surface area contributed by atoms with E-state index in [1.54, 1.807) is 12.2 Å². The lowest BCUT2D eigenvalue weighted by atomic mass is 10.1. The van der Waals surface area contributed by atoms with Gasteiger partial charge in [0.15, 0.2) is 0 Å². The number of rotatable bonds is 6. The molecule has 1 saturated carbocycles. The molecule has 5 heteroatoms. The van der Waals surface area contributed by atoms with Crippen molar-refractivity contribution in [2.75, 3.05) is 0 Å². The third-order valence-corrected chi connectivity index (χ3v) is 3.86. The molecule has 0 radical (unpaired) electrons. The number of nitrogens with one attached hydrogen (secondary N) is 2. The third kappa shape index (κ3) is 4.26. The Morgan fingerprint density at radius 3 is 2.63 bits per heavy atom. The van der Waals surface area contributed by atoms with Gasteiger partial charge in [0.05, 0.1) is 12.0 Å². The number of hydrogen-bond acceptors (Lipinski definition) is 2. The van der Waals surface area contributed by atoms with E-state index >= 15 is 0 Å². The predicted molar refractivity (Wildman–Crippen MR) is 71.8 cm³/mol. The van der Waals surface area contributed by atoms with Gasteiger partial charge in [-0.3, -0.25) is 4.79 Å². The Balaban J connectivity index is 1.71. The van der Waals surface area contributed by atoms with Gasteiger partial charge in [-0.2, -0.15) is 0 Å². The fourth-order valence-electron chi connectivity index (χ4n) is 2.47. The first kappa shape index (κ1) is 13.9. The van der Waals surface area contributed by atoms with Crippen molar-refractivity contribution in [2.45, 2.75) is 51.1 Å². The number of carboxylic acid groups (broad SMARTS) is 1. The molecule has 5 nitrogen and oxygen atoms in total. The van der Waals surface area contributed by atoms with Crippen molar-refractivity contribution < 1.29 is 14.7 Å². The normalized spacial score (nSPS) is 27.0. The molecule has 2 aliphatic rings. The van der Waals surface area contributed by atoms with Gasteiger partial charge in [-0.05, 0) is 25.2 Å². The van der Waals surface area contributed by atoms with Crippen molar-refractivity contribution in [3.63, 3.8) is 0 Å². The second kappa shape index (κ2) is 6.08. The topological polar surface area (TPSA) is 78.4 Å². The van der Waals surface area contributed by atoms with Gasteiger partial charge in [0.1, 0.15) is 0 Å². The van der Waals surface area contributed by atoms with E-state index in [0.29, 0.717) is 6.42 Å². The van der Waals surface area contributed by atoms with E-state index in [1.807, 2.05) is 0 Å². The van der Waals surface area contributed by atoms with E-state index in [-0.39, 0.29) is 18.1 Å². The maximum atomic E-state index is 11.8. The Hall–Kier alpha value is -1.52. The highest BCUT2D eigenvalue weighted by Gasteiger charge is 2.27. The molecule has 2 amide bonds. The van der Waals surface area contributed by atoms with Crippen LogP contribution in [0.2, 0.25) is 0 Å². The van der Waals surface area contributed by atoms with Crippen molar-refractivity contribution in [3.05, 3.63) is 12.2 Å². The molecule has 0 heterocycles. The van der Waals surface area contributed by atoms with Crippen LogP contribution in [0.4, 0.5) is 4.79 Å². The number of urea groups is 1. The summed E-state index contributed by atoms with van der Waals surface area (Å²) in [6.45, 7) is 2.07. The minimum absolute atomic E-state index is 0.167. The number of carbonyl (C=O) groups excluding carboxylic acids is 1. The fourth-order valence-corrected chi connectivity index (χ4v) is 2.47. The van der Waals surface area contributed by atoms with E-state index in [0.717, 1.165) is 18.8 Å². The van der Waals surface area contributed by atoms with Crippen molar-refractivity contribution in [1.82, 2.24) is 10.6 Å². The van der Waals surface area contributed by atoms with Crippen LogP contribution in [0.1, 0.15) is 39.0 Å². The largest absolute Gasteiger partial charge is 0.481 e. The number of aliphatic carboxylic acids is 1. The van der Waals surface area contributed by atoms with Crippen LogP contribution in [0.25, 0.3) is 0 Å². The van der Waals surface area contributed by atoms with Gasteiger partial charge in [0.2, 0.25) is 0 Å². The highest BCUT2D eigenvalue weighted by Crippen LogP contribution is 2.34. The van der Waals surface area contributed by atoms with Crippen LogP contribution in [0.5, 0.6) is 0 Å². The van der Waals surface area contributed by atoms with Gasteiger partial charge in [-0.1, -0.05) is 31.9 Å². The number of carbonyl (C=O) groups is 2. The molecule has 19 heavy (non-hydrogen) atoms. The van der Waals surface area contributed by atoms with Gasteiger partial charge in [-0.25, -0.2) is 4.79 Å². The van der Waals surface area contributed by atoms with Gasteiger partial charge >= 0.3 is 12.0 Å². The van der Waals surface area contributed by atoms with Gasteiger partial charge in [0, 0.05) is 6.04 Å². The van der Waals surface area contributed by atoms with Crippen LogP contribution in [-0.4, -0.2) is 29.2 Å². The molecular formula is C14H22N2O3. The lowest BCUT2D eigenvalue weighted by molar-refractivity contribution is -0.140. The molecule has 0 aromatic carbocycles. The quantitative estimate of drug-likeness (QED) is 0.642. The monoisotopic (exact) mass is 266 g/mol. The molecule has 0 bridgehead atoms. The summed E-state index contributed by atoms with van der Waals surface area (Å²) in [7, 11) is 0. The SMILES string of the molecule is CCC(CC1CC1)NC(=O)NC1C=CC(C(=O)O)C1. The van der Waals surface area contributed by atoms with Crippen molar-refractivity contribution in [1.29, 1.82) is 0 Å². The summed E-state index contributed by atoms with van der Waals surface area (Å²) < 4.78 is 0.